The van der Waals surface area contributed by atoms with E-state index in [-0.39, 0.29) is 12.7 Å². The summed E-state index contributed by atoms with van der Waals surface area (Å²) in [6.45, 7) is 5.11. The molecule has 0 saturated carbocycles. The number of likely N-dealkylation sites (N-methyl/N-ethyl adjacent to an activating group) is 1. The number of rotatable bonds is 8. The lowest BCUT2D eigenvalue weighted by Gasteiger charge is -2.13. The molecule has 0 spiro atoms. The number of hydrogen-bond donors (Lipinski definition) is 0. The number of aryl methyl sites for hydroxylation is 1. The molecule has 5 rings (SSSR count). The fraction of sp³-hybridized carbons (Fsp3) is 0.241. The average molecular weight is 517 g/mol. The van der Waals surface area contributed by atoms with Gasteiger partial charge in [0.25, 0.3) is 5.91 Å². The molecule has 3 aromatic carbocycles. The van der Waals surface area contributed by atoms with Crippen molar-refractivity contribution in [1.82, 2.24) is 4.90 Å². The lowest BCUT2D eigenvalue weighted by atomic mass is 10.1. The van der Waals surface area contributed by atoms with Gasteiger partial charge in [0.05, 0.1) is 17.2 Å². The van der Waals surface area contributed by atoms with Crippen molar-refractivity contribution >= 4 is 34.6 Å². The summed E-state index contributed by atoms with van der Waals surface area (Å²) >= 11 is 1.37. The highest BCUT2D eigenvalue weighted by Gasteiger charge is 2.30. The second kappa shape index (κ2) is 11.0. The Balaban J connectivity index is 1.34. The van der Waals surface area contributed by atoms with Crippen LogP contribution in [0.4, 0.5) is 5.69 Å². The standard InChI is InChI=1S/C29H28N2O5S/c1-4-21-8-6-7-9-22(21)30-29-31(3)28(32)27(37-29)16-19-10-12-23(25(14-19)33-5-2)34-17-20-11-13-24-26(15-20)36-18-35-24/h6-16H,4-5,17-18H2,1-3H3. The molecule has 2 heterocycles. The fourth-order valence-corrected chi connectivity index (χ4v) is 5.00. The van der Waals surface area contributed by atoms with E-state index < -0.39 is 0 Å². The Morgan fingerprint density at radius 1 is 1.00 bits per heavy atom. The van der Waals surface area contributed by atoms with E-state index in [9.17, 15) is 4.79 Å². The van der Waals surface area contributed by atoms with Gasteiger partial charge in [0.15, 0.2) is 28.2 Å². The van der Waals surface area contributed by atoms with E-state index in [1.54, 1.807) is 11.9 Å². The normalized spacial score (nSPS) is 16.6. The molecule has 3 aromatic rings. The fourth-order valence-electron chi connectivity index (χ4n) is 4.02. The Hall–Kier alpha value is -3.91. The van der Waals surface area contributed by atoms with Crippen molar-refractivity contribution in [2.24, 2.45) is 4.99 Å². The van der Waals surface area contributed by atoms with Gasteiger partial charge in [0.2, 0.25) is 6.79 Å². The Bertz CT molecular complexity index is 1380. The van der Waals surface area contributed by atoms with E-state index in [1.165, 1.54) is 11.8 Å². The first kappa shape index (κ1) is 24.8. The molecule has 1 amide bonds. The smallest absolute Gasteiger partial charge is 0.266 e. The predicted octanol–water partition coefficient (Wildman–Crippen LogP) is 6.19. The summed E-state index contributed by atoms with van der Waals surface area (Å²) in [6, 6.07) is 19.4. The second-order valence-electron chi connectivity index (χ2n) is 8.47. The van der Waals surface area contributed by atoms with Gasteiger partial charge in [-0.2, -0.15) is 0 Å². The van der Waals surface area contributed by atoms with Crippen molar-refractivity contribution in [1.29, 1.82) is 0 Å². The lowest BCUT2D eigenvalue weighted by Crippen LogP contribution is -2.23. The number of amides is 1. The Morgan fingerprint density at radius 2 is 1.84 bits per heavy atom. The van der Waals surface area contributed by atoms with Gasteiger partial charge in [-0.05, 0) is 78.2 Å². The molecule has 8 heteroatoms. The van der Waals surface area contributed by atoms with Crippen molar-refractivity contribution in [3.63, 3.8) is 0 Å². The summed E-state index contributed by atoms with van der Waals surface area (Å²) in [5, 5.41) is 0.658. The van der Waals surface area contributed by atoms with Crippen LogP contribution in [0.2, 0.25) is 0 Å². The van der Waals surface area contributed by atoms with E-state index in [1.807, 2.05) is 67.6 Å². The zero-order chi connectivity index (χ0) is 25.8. The van der Waals surface area contributed by atoms with Crippen molar-refractivity contribution in [2.75, 3.05) is 20.4 Å². The average Bonchev–Trinajstić information content (AvgIpc) is 3.48. The van der Waals surface area contributed by atoms with Gasteiger partial charge in [-0.1, -0.05) is 37.3 Å². The highest BCUT2D eigenvalue weighted by Crippen LogP contribution is 2.37. The van der Waals surface area contributed by atoms with Crippen molar-refractivity contribution < 1.29 is 23.7 Å². The molecule has 0 radical (unpaired) electrons. The van der Waals surface area contributed by atoms with Crippen LogP contribution in [0.1, 0.15) is 30.5 Å². The summed E-state index contributed by atoms with van der Waals surface area (Å²) in [5.41, 5.74) is 3.84. The number of aliphatic imine (C=N–C) groups is 1. The first-order valence-electron chi connectivity index (χ1n) is 12.2. The zero-order valence-electron chi connectivity index (χ0n) is 21.0. The molecule has 2 aliphatic heterocycles. The lowest BCUT2D eigenvalue weighted by molar-refractivity contribution is -0.121. The van der Waals surface area contributed by atoms with Gasteiger partial charge in [0.1, 0.15) is 6.61 Å². The zero-order valence-corrected chi connectivity index (χ0v) is 21.8. The Kier molecular flexibility index (Phi) is 7.37. The SMILES string of the molecule is CCOc1cc(C=C2SC(=Nc3ccccc3CC)N(C)C2=O)ccc1OCc1ccc2c(c1)OCO2. The van der Waals surface area contributed by atoms with Gasteiger partial charge in [-0.3, -0.25) is 9.69 Å². The number of nitrogens with zero attached hydrogens (tertiary/aromatic N) is 2. The molecule has 2 aliphatic rings. The number of para-hydroxylation sites is 1. The molecule has 7 nitrogen and oxygen atoms in total. The van der Waals surface area contributed by atoms with Gasteiger partial charge in [0, 0.05) is 7.05 Å². The second-order valence-corrected chi connectivity index (χ2v) is 9.48. The summed E-state index contributed by atoms with van der Waals surface area (Å²) in [6.07, 6.45) is 2.74. The third-order valence-corrected chi connectivity index (χ3v) is 7.05. The number of fused-ring (bicyclic) bond motifs is 1. The maximum atomic E-state index is 13.0. The number of ether oxygens (including phenoxy) is 4. The minimum Gasteiger partial charge on any atom is -0.490 e. The number of benzene rings is 3. The van der Waals surface area contributed by atoms with E-state index in [0.29, 0.717) is 34.8 Å². The van der Waals surface area contributed by atoms with Crippen LogP contribution < -0.4 is 18.9 Å². The van der Waals surface area contributed by atoms with Crippen molar-refractivity contribution in [3.8, 4) is 23.0 Å². The highest BCUT2D eigenvalue weighted by atomic mass is 32.2. The van der Waals surface area contributed by atoms with Gasteiger partial charge >= 0.3 is 0 Å². The molecule has 0 bridgehead atoms. The number of carbonyl (C=O) groups is 1. The Morgan fingerprint density at radius 3 is 2.68 bits per heavy atom. The van der Waals surface area contributed by atoms with Crippen LogP contribution in [0.15, 0.2) is 70.6 Å². The van der Waals surface area contributed by atoms with Crippen LogP contribution in [0, 0.1) is 0 Å². The molecule has 0 aliphatic carbocycles. The van der Waals surface area contributed by atoms with Crippen LogP contribution >= 0.6 is 11.8 Å². The van der Waals surface area contributed by atoms with E-state index in [0.717, 1.165) is 40.3 Å². The molecule has 0 aromatic heterocycles. The number of thioether (sulfide) groups is 1. The topological polar surface area (TPSA) is 69.6 Å². The number of amidine groups is 1. The molecular weight excluding hydrogens is 488 g/mol. The van der Waals surface area contributed by atoms with Gasteiger partial charge in [-0.15, -0.1) is 0 Å². The maximum Gasteiger partial charge on any atom is 0.266 e. The summed E-state index contributed by atoms with van der Waals surface area (Å²) in [4.78, 5) is 19.9. The van der Waals surface area contributed by atoms with E-state index in [2.05, 4.69) is 13.0 Å². The molecular formula is C29H28N2O5S. The van der Waals surface area contributed by atoms with Crippen molar-refractivity contribution in [3.05, 3.63) is 82.3 Å². The quantitative estimate of drug-likeness (QED) is 0.333. The van der Waals surface area contributed by atoms with Crippen LogP contribution in [0.3, 0.4) is 0 Å². The van der Waals surface area contributed by atoms with E-state index in [4.69, 9.17) is 23.9 Å². The molecule has 1 saturated heterocycles. The summed E-state index contributed by atoms with van der Waals surface area (Å²) < 4.78 is 22.7. The monoisotopic (exact) mass is 516 g/mol. The summed E-state index contributed by atoms with van der Waals surface area (Å²) in [7, 11) is 1.75. The van der Waals surface area contributed by atoms with Crippen LogP contribution in [-0.4, -0.2) is 36.4 Å². The first-order valence-corrected chi connectivity index (χ1v) is 13.0. The minimum absolute atomic E-state index is 0.0844. The van der Waals surface area contributed by atoms with E-state index >= 15 is 0 Å². The molecule has 0 atom stereocenters. The van der Waals surface area contributed by atoms with Crippen LogP contribution in [-0.2, 0) is 17.8 Å². The van der Waals surface area contributed by atoms with Crippen molar-refractivity contribution in [2.45, 2.75) is 26.9 Å². The molecule has 0 N–H and O–H groups in total. The first-order chi connectivity index (χ1) is 18.1. The molecule has 37 heavy (non-hydrogen) atoms. The van der Waals surface area contributed by atoms with Gasteiger partial charge < -0.3 is 18.9 Å². The third kappa shape index (κ3) is 5.44. The predicted molar refractivity (Wildman–Crippen MR) is 146 cm³/mol. The van der Waals surface area contributed by atoms with Crippen LogP contribution in [0.25, 0.3) is 6.08 Å². The number of carbonyl (C=O) groups excluding carboxylic acids is 1. The largest absolute Gasteiger partial charge is 0.490 e. The molecule has 0 unspecified atom stereocenters. The number of hydrogen-bond acceptors (Lipinski definition) is 7. The summed E-state index contributed by atoms with van der Waals surface area (Å²) in [5.74, 6) is 2.62. The van der Waals surface area contributed by atoms with Crippen LogP contribution in [0.5, 0.6) is 23.0 Å². The highest BCUT2D eigenvalue weighted by molar-refractivity contribution is 8.18. The molecule has 1 fully saturated rings. The maximum absolute atomic E-state index is 13.0. The third-order valence-electron chi connectivity index (χ3n) is 5.99. The molecule has 190 valence electrons. The van der Waals surface area contributed by atoms with Gasteiger partial charge in [-0.25, -0.2) is 4.99 Å². The minimum atomic E-state index is -0.0844. The Labute approximate surface area is 220 Å².